The highest BCUT2D eigenvalue weighted by atomic mass is 16.5. The van der Waals surface area contributed by atoms with Crippen molar-refractivity contribution in [1.29, 1.82) is 0 Å². The van der Waals surface area contributed by atoms with Crippen molar-refractivity contribution in [1.82, 2.24) is 5.32 Å². The second-order valence-electron chi connectivity index (χ2n) is 5.86. The summed E-state index contributed by atoms with van der Waals surface area (Å²) in [5, 5.41) is 3.29. The van der Waals surface area contributed by atoms with E-state index in [1.165, 1.54) is 0 Å². The average molecular weight is 255 g/mol. The Labute approximate surface area is 109 Å². The van der Waals surface area contributed by atoms with Crippen molar-refractivity contribution in [2.45, 2.75) is 57.7 Å². The molecule has 2 unspecified atom stereocenters. The molecule has 2 rings (SSSR count). The van der Waals surface area contributed by atoms with Crippen LogP contribution in [0.5, 0.6) is 0 Å². The van der Waals surface area contributed by atoms with Gasteiger partial charge in [0.25, 0.3) is 0 Å². The van der Waals surface area contributed by atoms with Gasteiger partial charge < -0.3 is 14.8 Å². The Balaban J connectivity index is 1.86. The summed E-state index contributed by atoms with van der Waals surface area (Å²) in [6, 6.07) is 0. The fourth-order valence-electron chi connectivity index (χ4n) is 2.90. The maximum absolute atomic E-state index is 12.3. The minimum atomic E-state index is -0.286. The summed E-state index contributed by atoms with van der Waals surface area (Å²) in [7, 11) is 1.74. The highest BCUT2D eigenvalue weighted by molar-refractivity contribution is 5.76. The average Bonchev–Trinajstić information content (AvgIpc) is 2.40. The van der Waals surface area contributed by atoms with Gasteiger partial charge in [-0.1, -0.05) is 0 Å². The van der Waals surface area contributed by atoms with Gasteiger partial charge in [0, 0.05) is 13.5 Å². The molecule has 0 aromatic carbocycles. The third kappa shape index (κ3) is 3.23. The quantitative estimate of drug-likeness (QED) is 0.782. The van der Waals surface area contributed by atoms with E-state index in [4.69, 9.17) is 9.47 Å². The number of carbonyl (C=O) groups is 1. The number of rotatable bonds is 3. The number of carbonyl (C=O) groups excluding carboxylic acids is 1. The molecule has 0 aromatic rings. The van der Waals surface area contributed by atoms with Crippen molar-refractivity contribution in [2.24, 2.45) is 5.41 Å². The van der Waals surface area contributed by atoms with Crippen LogP contribution in [0.1, 0.15) is 45.4 Å². The minimum Gasteiger partial charge on any atom is -0.462 e. The van der Waals surface area contributed by atoms with Gasteiger partial charge in [0.15, 0.2) is 0 Å². The largest absolute Gasteiger partial charge is 0.462 e. The Morgan fingerprint density at radius 2 is 1.89 bits per heavy atom. The zero-order valence-electron chi connectivity index (χ0n) is 11.5. The monoisotopic (exact) mass is 255 g/mol. The number of esters is 1. The lowest BCUT2D eigenvalue weighted by Gasteiger charge is -2.35. The number of nitrogens with one attached hydrogen (secondary N) is 1. The van der Waals surface area contributed by atoms with Gasteiger partial charge >= 0.3 is 5.97 Å². The van der Waals surface area contributed by atoms with Crippen molar-refractivity contribution >= 4 is 5.97 Å². The van der Waals surface area contributed by atoms with Crippen molar-refractivity contribution in [3.05, 3.63) is 0 Å². The molecule has 2 fully saturated rings. The molecular weight excluding hydrogens is 230 g/mol. The molecule has 0 radical (unpaired) electrons. The molecule has 104 valence electrons. The third-order valence-electron chi connectivity index (χ3n) is 4.38. The lowest BCUT2D eigenvalue weighted by Crippen LogP contribution is -2.43. The van der Waals surface area contributed by atoms with E-state index in [0.29, 0.717) is 0 Å². The van der Waals surface area contributed by atoms with Crippen LogP contribution in [0.4, 0.5) is 0 Å². The van der Waals surface area contributed by atoms with E-state index in [0.717, 1.165) is 51.6 Å². The van der Waals surface area contributed by atoms with E-state index in [-0.39, 0.29) is 23.6 Å². The minimum absolute atomic E-state index is 0.00856. The summed E-state index contributed by atoms with van der Waals surface area (Å²) >= 11 is 0. The van der Waals surface area contributed by atoms with Gasteiger partial charge in [-0.25, -0.2) is 0 Å². The maximum Gasteiger partial charge on any atom is 0.312 e. The zero-order valence-corrected chi connectivity index (χ0v) is 11.5. The van der Waals surface area contributed by atoms with Crippen LogP contribution in [-0.4, -0.2) is 38.4 Å². The normalized spacial score (nSPS) is 31.9. The Morgan fingerprint density at radius 1 is 1.22 bits per heavy atom. The summed E-state index contributed by atoms with van der Waals surface area (Å²) in [5.41, 5.74) is -0.286. The lowest BCUT2D eigenvalue weighted by atomic mass is 9.81. The Kier molecular flexibility index (Phi) is 4.62. The molecule has 1 saturated heterocycles. The van der Waals surface area contributed by atoms with Crippen molar-refractivity contribution in [2.75, 3.05) is 20.2 Å². The number of hydrogen-bond donors (Lipinski definition) is 1. The molecule has 1 heterocycles. The first-order valence-corrected chi connectivity index (χ1v) is 7.09. The molecule has 4 nitrogen and oxygen atoms in total. The number of hydrogen-bond acceptors (Lipinski definition) is 4. The van der Waals surface area contributed by atoms with E-state index < -0.39 is 0 Å². The summed E-state index contributed by atoms with van der Waals surface area (Å²) in [6.45, 7) is 3.86. The lowest BCUT2D eigenvalue weighted by molar-refractivity contribution is -0.165. The van der Waals surface area contributed by atoms with E-state index in [1.54, 1.807) is 7.11 Å². The van der Waals surface area contributed by atoms with Crippen LogP contribution in [-0.2, 0) is 14.3 Å². The molecule has 0 amide bonds. The Morgan fingerprint density at radius 3 is 2.56 bits per heavy atom. The number of piperidine rings is 1. The summed E-state index contributed by atoms with van der Waals surface area (Å²) in [4.78, 5) is 12.3. The van der Waals surface area contributed by atoms with Crippen molar-refractivity contribution in [3.8, 4) is 0 Å². The van der Waals surface area contributed by atoms with Crippen LogP contribution in [0, 0.1) is 5.41 Å². The van der Waals surface area contributed by atoms with E-state index in [9.17, 15) is 4.79 Å². The van der Waals surface area contributed by atoms with Gasteiger partial charge in [0.1, 0.15) is 6.10 Å². The zero-order chi connectivity index (χ0) is 13.0. The molecule has 1 N–H and O–H groups in total. The maximum atomic E-state index is 12.3. The predicted molar refractivity (Wildman–Crippen MR) is 69.4 cm³/mol. The standard InChI is InChI=1S/C14H25NO3/c1-14(6-8-15-9-7-14)13(16)18-12-5-3-4-11(10-12)17-2/h11-12,15H,3-10H2,1-2H3. The highest BCUT2D eigenvalue weighted by Gasteiger charge is 2.38. The van der Waals surface area contributed by atoms with Crippen LogP contribution in [0.2, 0.25) is 0 Å². The van der Waals surface area contributed by atoms with Crippen LogP contribution in [0.15, 0.2) is 0 Å². The van der Waals surface area contributed by atoms with E-state index in [2.05, 4.69) is 5.32 Å². The number of ether oxygens (including phenoxy) is 2. The van der Waals surface area contributed by atoms with Gasteiger partial charge in [-0.15, -0.1) is 0 Å². The predicted octanol–water partition coefficient (Wildman–Crippen LogP) is 1.88. The van der Waals surface area contributed by atoms with Crippen molar-refractivity contribution in [3.63, 3.8) is 0 Å². The summed E-state index contributed by atoms with van der Waals surface area (Å²) < 4.78 is 11.1. The van der Waals surface area contributed by atoms with Crippen LogP contribution < -0.4 is 5.32 Å². The fourth-order valence-corrected chi connectivity index (χ4v) is 2.90. The first kappa shape index (κ1) is 13.8. The smallest absolute Gasteiger partial charge is 0.312 e. The summed E-state index contributed by atoms with van der Waals surface area (Å²) in [6.07, 6.45) is 6.11. The molecule has 0 aromatic heterocycles. The SMILES string of the molecule is COC1CCCC(OC(=O)C2(C)CCNCC2)C1. The first-order valence-electron chi connectivity index (χ1n) is 7.09. The van der Waals surface area contributed by atoms with Gasteiger partial charge in [-0.05, 0) is 52.1 Å². The molecule has 1 aliphatic carbocycles. The second-order valence-corrected chi connectivity index (χ2v) is 5.86. The van der Waals surface area contributed by atoms with Gasteiger partial charge in [0.05, 0.1) is 11.5 Å². The molecule has 0 bridgehead atoms. The molecule has 2 aliphatic rings. The molecule has 18 heavy (non-hydrogen) atoms. The second kappa shape index (κ2) is 6.02. The Bertz CT molecular complexity index is 287. The number of methoxy groups -OCH3 is 1. The third-order valence-corrected chi connectivity index (χ3v) is 4.38. The van der Waals surface area contributed by atoms with Crippen LogP contribution in [0.25, 0.3) is 0 Å². The van der Waals surface area contributed by atoms with Gasteiger partial charge in [-0.2, -0.15) is 0 Å². The van der Waals surface area contributed by atoms with Crippen LogP contribution >= 0.6 is 0 Å². The molecular formula is C14H25NO3. The molecule has 1 aliphatic heterocycles. The van der Waals surface area contributed by atoms with Gasteiger partial charge in [0.2, 0.25) is 0 Å². The first-order chi connectivity index (χ1) is 8.64. The Hall–Kier alpha value is -0.610. The van der Waals surface area contributed by atoms with E-state index >= 15 is 0 Å². The molecule has 4 heteroatoms. The van der Waals surface area contributed by atoms with Crippen molar-refractivity contribution < 1.29 is 14.3 Å². The molecule has 0 spiro atoms. The molecule has 2 atom stereocenters. The molecule has 1 saturated carbocycles. The topological polar surface area (TPSA) is 47.6 Å². The highest BCUT2D eigenvalue weighted by Crippen LogP contribution is 2.32. The summed E-state index contributed by atoms with van der Waals surface area (Å²) in [5.74, 6) is -0.00856. The van der Waals surface area contributed by atoms with E-state index in [1.807, 2.05) is 6.92 Å². The fraction of sp³-hybridized carbons (Fsp3) is 0.929. The van der Waals surface area contributed by atoms with Crippen LogP contribution in [0.3, 0.4) is 0 Å². The van der Waals surface area contributed by atoms with Gasteiger partial charge in [-0.3, -0.25) is 4.79 Å².